The van der Waals surface area contributed by atoms with Crippen LogP contribution in [-0.4, -0.2) is 86.6 Å². The predicted octanol–water partition coefficient (Wildman–Crippen LogP) is -2.87. The maximum Gasteiger partial charge on any atom is 0.356 e. The Hall–Kier alpha value is -2.19. The molecule has 3 N–H and O–H groups in total. The molecule has 0 aromatic heterocycles. The number of amides is 2. The van der Waals surface area contributed by atoms with Gasteiger partial charge in [-0.3, -0.25) is 14.5 Å². The van der Waals surface area contributed by atoms with Crippen LogP contribution in [0.3, 0.4) is 0 Å². The second-order valence-electron chi connectivity index (χ2n) is 7.61. The summed E-state index contributed by atoms with van der Waals surface area (Å²) in [5, 5.41) is 15.1. The van der Waals surface area contributed by atoms with Crippen LogP contribution in [0, 0.1) is 5.92 Å². The zero-order chi connectivity index (χ0) is 21.4. The lowest BCUT2D eigenvalue weighted by atomic mass is 9.67. The highest BCUT2D eigenvalue weighted by Gasteiger charge is 2.76. The average Bonchev–Trinajstić information content (AvgIpc) is 3.07. The van der Waals surface area contributed by atoms with E-state index in [1.807, 2.05) is 0 Å². The van der Waals surface area contributed by atoms with E-state index in [9.17, 15) is 36.3 Å². The van der Waals surface area contributed by atoms with Crippen LogP contribution < -0.4 is 10.6 Å². The van der Waals surface area contributed by atoms with Crippen LogP contribution in [0.1, 0.15) is 12.8 Å². The van der Waals surface area contributed by atoms with Crippen molar-refractivity contribution in [3.05, 3.63) is 11.5 Å². The molecule has 3 saturated heterocycles. The SMILES string of the molecule is CS(=O)(=O)OC1=C(C(=O)O)N2C(=O)C3NCCC1C32C(=O)N[C@H]1CCS(=O)(=O)C1. The molecule has 0 saturated carbocycles. The zero-order valence-corrected chi connectivity index (χ0v) is 16.9. The number of rotatable bonds is 5. The number of nitrogens with zero attached hydrogens (tertiary/aromatic N) is 1. The fourth-order valence-electron chi connectivity index (χ4n) is 4.72. The van der Waals surface area contributed by atoms with Gasteiger partial charge in [0.15, 0.2) is 26.8 Å². The van der Waals surface area contributed by atoms with E-state index in [2.05, 4.69) is 10.6 Å². The Kier molecular flexibility index (Phi) is 4.26. The first kappa shape index (κ1) is 20.1. The number of nitrogens with one attached hydrogen (secondary N) is 2. The summed E-state index contributed by atoms with van der Waals surface area (Å²) in [7, 11) is -7.42. The summed E-state index contributed by atoms with van der Waals surface area (Å²) in [4.78, 5) is 38.5. The highest BCUT2D eigenvalue weighted by molar-refractivity contribution is 7.91. The van der Waals surface area contributed by atoms with Crippen LogP contribution in [0.2, 0.25) is 0 Å². The summed E-state index contributed by atoms with van der Waals surface area (Å²) in [5.41, 5.74) is -2.39. The quantitative estimate of drug-likeness (QED) is 0.292. The highest BCUT2D eigenvalue weighted by atomic mass is 32.2. The van der Waals surface area contributed by atoms with Gasteiger partial charge in [0.1, 0.15) is 6.04 Å². The monoisotopic (exact) mass is 449 g/mol. The second kappa shape index (κ2) is 6.15. The number of hydrogen-bond donors (Lipinski definition) is 3. The number of sulfone groups is 1. The number of carboxylic acid groups (broad SMARTS) is 1. The lowest BCUT2D eigenvalue weighted by molar-refractivity contribution is -0.175. The van der Waals surface area contributed by atoms with Gasteiger partial charge in [0.25, 0.3) is 0 Å². The molecule has 14 heteroatoms. The van der Waals surface area contributed by atoms with Crippen molar-refractivity contribution >= 4 is 37.7 Å². The normalized spacial score (nSPS) is 35.1. The first-order valence-corrected chi connectivity index (χ1v) is 12.5. The molecule has 3 unspecified atom stereocenters. The summed E-state index contributed by atoms with van der Waals surface area (Å²) in [5.74, 6) is -4.80. The molecule has 4 aliphatic heterocycles. The van der Waals surface area contributed by atoms with Gasteiger partial charge in [0, 0.05) is 6.04 Å². The molecule has 3 fully saturated rings. The minimum Gasteiger partial charge on any atom is -0.476 e. The third kappa shape index (κ3) is 2.84. The number of carboxylic acids is 1. The van der Waals surface area contributed by atoms with Crippen molar-refractivity contribution in [1.29, 1.82) is 0 Å². The Bertz CT molecular complexity index is 1060. The summed E-state index contributed by atoms with van der Waals surface area (Å²) in [6.07, 6.45) is 1.09. The highest BCUT2D eigenvalue weighted by Crippen LogP contribution is 2.55. The molecule has 160 valence electrons. The zero-order valence-electron chi connectivity index (χ0n) is 15.2. The van der Waals surface area contributed by atoms with E-state index in [0.29, 0.717) is 0 Å². The van der Waals surface area contributed by atoms with Gasteiger partial charge in [-0.2, -0.15) is 8.42 Å². The largest absolute Gasteiger partial charge is 0.476 e. The van der Waals surface area contributed by atoms with E-state index >= 15 is 0 Å². The number of β-lactam (4-membered cyclic amide) rings is 1. The fraction of sp³-hybridized carbons (Fsp3) is 0.667. The van der Waals surface area contributed by atoms with Crippen LogP contribution in [0.25, 0.3) is 0 Å². The van der Waals surface area contributed by atoms with E-state index in [0.717, 1.165) is 11.2 Å². The molecule has 0 radical (unpaired) electrons. The van der Waals surface area contributed by atoms with Crippen LogP contribution in [0.15, 0.2) is 11.5 Å². The Morgan fingerprint density at radius 2 is 2.03 bits per heavy atom. The molecule has 4 heterocycles. The van der Waals surface area contributed by atoms with E-state index in [-0.39, 0.29) is 30.9 Å². The van der Waals surface area contributed by atoms with Crippen molar-refractivity contribution in [1.82, 2.24) is 15.5 Å². The van der Waals surface area contributed by atoms with Gasteiger partial charge in [-0.25, -0.2) is 13.2 Å². The molecule has 4 rings (SSSR count). The van der Waals surface area contributed by atoms with Gasteiger partial charge in [0.05, 0.1) is 23.7 Å². The smallest absolute Gasteiger partial charge is 0.356 e. The predicted molar refractivity (Wildman–Crippen MR) is 95.3 cm³/mol. The number of carbonyl (C=O) groups excluding carboxylic acids is 2. The van der Waals surface area contributed by atoms with Gasteiger partial charge in [0.2, 0.25) is 11.8 Å². The molecule has 2 amide bonds. The third-order valence-corrected chi connectivity index (χ3v) is 7.99. The van der Waals surface area contributed by atoms with Crippen molar-refractivity contribution < 1.29 is 40.5 Å². The molecule has 0 aromatic rings. The van der Waals surface area contributed by atoms with Crippen molar-refractivity contribution in [2.75, 3.05) is 24.3 Å². The molecule has 0 aliphatic carbocycles. The molecule has 0 aromatic carbocycles. The Labute approximate surface area is 166 Å². The number of hydrogen-bond acceptors (Lipinski definition) is 9. The van der Waals surface area contributed by atoms with E-state index in [1.54, 1.807) is 0 Å². The van der Waals surface area contributed by atoms with Gasteiger partial charge in [-0.15, -0.1) is 0 Å². The topological polar surface area (TPSA) is 176 Å². The first-order valence-electron chi connectivity index (χ1n) is 8.84. The number of aliphatic carboxylic acids is 1. The molecule has 4 aliphatic rings. The van der Waals surface area contributed by atoms with Crippen molar-refractivity contribution in [3.63, 3.8) is 0 Å². The summed E-state index contributed by atoms with van der Waals surface area (Å²) < 4.78 is 51.8. The Balaban J connectivity index is 1.75. The van der Waals surface area contributed by atoms with Crippen molar-refractivity contribution in [2.24, 2.45) is 5.92 Å². The van der Waals surface area contributed by atoms with Crippen LogP contribution >= 0.6 is 0 Å². The lowest BCUT2D eigenvalue weighted by Crippen LogP contribution is -2.85. The Morgan fingerprint density at radius 1 is 1.34 bits per heavy atom. The van der Waals surface area contributed by atoms with E-state index < -0.39 is 72.7 Å². The molecule has 12 nitrogen and oxygen atoms in total. The molecular formula is C15H19N3O9S2. The van der Waals surface area contributed by atoms with Gasteiger partial charge in [-0.1, -0.05) is 0 Å². The summed E-state index contributed by atoms with van der Waals surface area (Å²) >= 11 is 0. The minimum absolute atomic E-state index is 0.0836. The van der Waals surface area contributed by atoms with Gasteiger partial charge in [-0.05, 0) is 19.4 Å². The first-order chi connectivity index (χ1) is 13.4. The van der Waals surface area contributed by atoms with Gasteiger partial charge >= 0.3 is 16.1 Å². The fourth-order valence-corrected chi connectivity index (χ4v) is 6.91. The molecular weight excluding hydrogens is 430 g/mol. The lowest BCUT2D eigenvalue weighted by Gasteiger charge is -2.57. The molecule has 0 spiro atoms. The van der Waals surface area contributed by atoms with Gasteiger partial charge < -0.3 is 19.9 Å². The average molecular weight is 449 g/mol. The van der Waals surface area contributed by atoms with E-state index in [4.69, 9.17) is 4.18 Å². The molecule has 4 atom stereocenters. The van der Waals surface area contributed by atoms with Crippen LogP contribution in [-0.2, 0) is 38.5 Å². The van der Waals surface area contributed by atoms with Crippen molar-refractivity contribution in [2.45, 2.75) is 30.5 Å². The maximum atomic E-state index is 13.3. The number of piperidine rings is 1. The third-order valence-electron chi connectivity index (χ3n) is 5.74. The van der Waals surface area contributed by atoms with Crippen LogP contribution in [0.4, 0.5) is 0 Å². The molecule has 29 heavy (non-hydrogen) atoms. The summed E-state index contributed by atoms with van der Waals surface area (Å²) in [6.45, 7) is 0.241. The second-order valence-corrected chi connectivity index (χ2v) is 11.4. The summed E-state index contributed by atoms with van der Waals surface area (Å²) in [6, 6.07) is -1.73. The number of carbonyl (C=O) groups is 3. The van der Waals surface area contributed by atoms with Crippen LogP contribution in [0.5, 0.6) is 0 Å². The molecule has 0 bridgehead atoms. The maximum absolute atomic E-state index is 13.3. The van der Waals surface area contributed by atoms with Crippen molar-refractivity contribution in [3.8, 4) is 0 Å². The Morgan fingerprint density at radius 3 is 2.59 bits per heavy atom. The standard InChI is InChI=1S/C15H19N3O9S2/c1-28(23,24)27-10-8-2-4-16-11-12(19)18(9(10)13(20)21)15(8,11)14(22)17-7-3-5-29(25,26)6-7/h7-8,11,16H,2-6H2,1H3,(H,17,22)(H,20,21)/t7-,8?,11?,15?/m0/s1. The minimum atomic E-state index is -4.13. The van der Waals surface area contributed by atoms with E-state index in [1.165, 1.54) is 0 Å².